The van der Waals surface area contributed by atoms with Crippen LogP contribution in [0, 0.1) is 0 Å². The van der Waals surface area contributed by atoms with Crippen LogP contribution in [-0.2, 0) is 9.31 Å². The fourth-order valence-corrected chi connectivity index (χ4v) is 4.00. The Morgan fingerprint density at radius 3 is 2.10 bits per heavy atom. The lowest BCUT2D eigenvalue weighted by molar-refractivity contribution is 0.00578. The molecule has 3 rings (SSSR count). The molecule has 2 aromatic heterocycles. The van der Waals surface area contributed by atoms with Crippen LogP contribution in [0.2, 0.25) is 0 Å². The van der Waals surface area contributed by atoms with E-state index in [2.05, 4.69) is 33.8 Å². The molecule has 0 aliphatic carbocycles. The monoisotopic (exact) mass is 320 g/mol. The van der Waals surface area contributed by atoms with Gasteiger partial charge in [0.1, 0.15) is 0 Å². The van der Waals surface area contributed by atoms with Gasteiger partial charge >= 0.3 is 7.12 Å². The molecule has 0 bridgehead atoms. The second-order valence-corrected chi connectivity index (χ2v) is 8.34. The molecule has 6 heteroatoms. The van der Waals surface area contributed by atoms with Gasteiger partial charge in [0.2, 0.25) is 0 Å². The van der Waals surface area contributed by atoms with Gasteiger partial charge in [0, 0.05) is 14.5 Å². The molecule has 2 aromatic rings. The Bertz CT molecular complexity index is 656. The Kier molecular flexibility index (Phi) is 3.60. The Labute approximate surface area is 133 Å². The van der Waals surface area contributed by atoms with Gasteiger partial charge in [-0.3, -0.25) is 4.79 Å². The van der Waals surface area contributed by atoms with E-state index in [4.69, 9.17) is 9.31 Å². The van der Waals surface area contributed by atoms with E-state index in [1.807, 2.05) is 18.2 Å². The largest absolute Gasteiger partial charge is 0.505 e. The molecule has 21 heavy (non-hydrogen) atoms. The van der Waals surface area contributed by atoms with Crippen molar-refractivity contribution >= 4 is 40.9 Å². The maximum atomic E-state index is 10.8. The van der Waals surface area contributed by atoms with Gasteiger partial charge < -0.3 is 9.31 Å². The van der Waals surface area contributed by atoms with Crippen molar-refractivity contribution in [3.05, 3.63) is 29.1 Å². The molecule has 1 aliphatic heterocycles. The minimum absolute atomic E-state index is 0.320. The molecule has 0 unspecified atom stereocenters. The molecule has 3 heterocycles. The second kappa shape index (κ2) is 5.05. The lowest BCUT2D eigenvalue weighted by Crippen LogP contribution is -2.41. The first-order valence-corrected chi connectivity index (χ1v) is 8.46. The van der Waals surface area contributed by atoms with E-state index in [0.717, 1.165) is 25.7 Å². The predicted molar refractivity (Wildman–Crippen MR) is 88.7 cm³/mol. The molecule has 1 saturated heterocycles. The SMILES string of the molecule is CC1(C)OB(c2ccc(-c3ccc(C=O)s3)s2)OC1(C)C. The Balaban J connectivity index is 1.85. The van der Waals surface area contributed by atoms with Gasteiger partial charge in [0.25, 0.3) is 0 Å². The van der Waals surface area contributed by atoms with Gasteiger partial charge in [-0.2, -0.15) is 0 Å². The molecule has 0 atom stereocenters. The molecule has 110 valence electrons. The fourth-order valence-electron chi connectivity index (χ4n) is 2.12. The summed E-state index contributed by atoms with van der Waals surface area (Å²) in [6.45, 7) is 8.21. The first-order valence-electron chi connectivity index (χ1n) is 6.83. The molecule has 0 radical (unpaired) electrons. The quantitative estimate of drug-likeness (QED) is 0.640. The van der Waals surface area contributed by atoms with Crippen LogP contribution in [0.1, 0.15) is 37.4 Å². The topological polar surface area (TPSA) is 35.5 Å². The van der Waals surface area contributed by atoms with Gasteiger partial charge in [-0.1, -0.05) is 6.07 Å². The van der Waals surface area contributed by atoms with Crippen molar-refractivity contribution < 1.29 is 14.1 Å². The summed E-state index contributed by atoms with van der Waals surface area (Å²) in [6, 6.07) is 7.93. The summed E-state index contributed by atoms with van der Waals surface area (Å²) in [6.07, 6.45) is 0.886. The van der Waals surface area contributed by atoms with Crippen molar-refractivity contribution in [3.63, 3.8) is 0 Å². The van der Waals surface area contributed by atoms with Crippen molar-refractivity contribution in [1.82, 2.24) is 0 Å². The molecule has 3 nitrogen and oxygen atoms in total. The predicted octanol–water partition coefficient (Wildman–Crippen LogP) is 3.59. The van der Waals surface area contributed by atoms with E-state index in [0.29, 0.717) is 0 Å². The van der Waals surface area contributed by atoms with Crippen LogP contribution < -0.4 is 4.78 Å². The van der Waals surface area contributed by atoms with E-state index >= 15 is 0 Å². The van der Waals surface area contributed by atoms with Crippen LogP contribution in [0.5, 0.6) is 0 Å². The number of hydrogen-bond acceptors (Lipinski definition) is 5. The zero-order chi connectivity index (χ0) is 15.3. The summed E-state index contributed by atoms with van der Waals surface area (Å²) < 4.78 is 13.2. The highest BCUT2D eigenvalue weighted by Gasteiger charge is 2.52. The van der Waals surface area contributed by atoms with E-state index < -0.39 is 0 Å². The van der Waals surface area contributed by atoms with Gasteiger partial charge in [-0.15, -0.1) is 22.7 Å². The average Bonchev–Trinajstić information content (AvgIpc) is 3.09. The molecule has 0 saturated carbocycles. The van der Waals surface area contributed by atoms with E-state index in [1.165, 1.54) is 11.3 Å². The number of rotatable bonds is 3. The lowest BCUT2D eigenvalue weighted by atomic mass is 9.88. The molecular weight excluding hydrogens is 303 g/mol. The number of thiophene rings is 2. The number of carbonyl (C=O) groups excluding carboxylic acids is 1. The van der Waals surface area contributed by atoms with Crippen LogP contribution in [0.4, 0.5) is 0 Å². The van der Waals surface area contributed by atoms with Gasteiger partial charge in [-0.25, -0.2) is 0 Å². The van der Waals surface area contributed by atoms with E-state index in [1.54, 1.807) is 11.3 Å². The molecule has 0 N–H and O–H groups in total. The van der Waals surface area contributed by atoms with Crippen LogP contribution in [0.3, 0.4) is 0 Å². The Morgan fingerprint density at radius 1 is 0.952 bits per heavy atom. The summed E-state index contributed by atoms with van der Waals surface area (Å²) in [5.41, 5.74) is -0.648. The summed E-state index contributed by atoms with van der Waals surface area (Å²) in [5.74, 6) is 0. The highest BCUT2D eigenvalue weighted by Crippen LogP contribution is 2.38. The molecule has 0 amide bonds. The Hall–Kier alpha value is -0.945. The third kappa shape index (κ3) is 2.61. The van der Waals surface area contributed by atoms with Crippen LogP contribution in [-0.4, -0.2) is 24.6 Å². The molecule has 1 fully saturated rings. The van der Waals surface area contributed by atoms with E-state index in [-0.39, 0.29) is 18.3 Å². The maximum Gasteiger partial charge on any atom is 0.505 e. The van der Waals surface area contributed by atoms with Crippen molar-refractivity contribution in [2.75, 3.05) is 0 Å². The first-order chi connectivity index (χ1) is 9.82. The molecule has 1 aliphatic rings. The molecule has 0 aromatic carbocycles. The Morgan fingerprint density at radius 2 is 1.52 bits per heavy atom. The maximum absolute atomic E-state index is 10.8. The third-order valence-electron chi connectivity index (χ3n) is 4.10. The summed E-state index contributed by atoms with van der Waals surface area (Å²) in [5, 5.41) is 0. The summed E-state index contributed by atoms with van der Waals surface area (Å²) in [7, 11) is -0.320. The van der Waals surface area contributed by atoms with Gasteiger partial charge in [0.15, 0.2) is 6.29 Å². The van der Waals surface area contributed by atoms with Crippen LogP contribution >= 0.6 is 22.7 Å². The van der Waals surface area contributed by atoms with Crippen molar-refractivity contribution in [3.8, 4) is 9.75 Å². The molecular formula is C15H17BO3S2. The van der Waals surface area contributed by atoms with Crippen LogP contribution in [0.25, 0.3) is 9.75 Å². The van der Waals surface area contributed by atoms with Gasteiger partial charge in [0.05, 0.1) is 16.1 Å². The standard InChI is InChI=1S/C15H17BO3S2/c1-14(2)15(3,4)19-16(18-14)13-8-7-12(21-13)11-6-5-10(9-17)20-11/h5-9H,1-4H3. The smallest absolute Gasteiger partial charge is 0.399 e. The van der Waals surface area contributed by atoms with Crippen molar-refractivity contribution in [2.45, 2.75) is 38.9 Å². The minimum Gasteiger partial charge on any atom is -0.399 e. The number of hydrogen-bond donors (Lipinski definition) is 0. The second-order valence-electron chi connectivity index (χ2n) is 6.11. The zero-order valence-corrected chi connectivity index (χ0v) is 14.1. The first kappa shape index (κ1) is 15.0. The van der Waals surface area contributed by atoms with Crippen LogP contribution in [0.15, 0.2) is 24.3 Å². The highest BCUT2D eigenvalue weighted by molar-refractivity contribution is 7.28. The van der Waals surface area contributed by atoms with Crippen molar-refractivity contribution in [1.29, 1.82) is 0 Å². The van der Waals surface area contributed by atoms with Crippen molar-refractivity contribution in [2.24, 2.45) is 0 Å². The molecule has 0 spiro atoms. The van der Waals surface area contributed by atoms with Gasteiger partial charge in [-0.05, 0) is 45.9 Å². The fraction of sp³-hybridized carbons (Fsp3) is 0.400. The number of aldehydes is 1. The van der Waals surface area contributed by atoms with E-state index in [9.17, 15) is 4.79 Å². The lowest BCUT2D eigenvalue weighted by Gasteiger charge is -2.32. The third-order valence-corrected chi connectivity index (χ3v) is 6.41. The zero-order valence-electron chi connectivity index (χ0n) is 12.5. The minimum atomic E-state index is -0.324. The summed E-state index contributed by atoms with van der Waals surface area (Å²) in [4.78, 5) is 13.8. The average molecular weight is 320 g/mol. The number of carbonyl (C=O) groups is 1. The summed E-state index contributed by atoms with van der Waals surface area (Å²) >= 11 is 3.16. The normalized spacial score (nSPS) is 19.9. The highest BCUT2D eigenvalue weighted by atomic mass is 32.1.